The van der Waals surface area contributed by atoms with Gasteiger partial charge in [-0.1, -0.05) is 35.9 Å². The Bertz CT molecular complexity index is 1120. The van der Waals surface area contributed by atoms with Crippen LogP contribution in [0, 0.1) is 18.3 Å². The lowest BCUT2D eigenvalue weighted by Gasteiger charge is -2.40. The van der Waals surface area contributed by atoms with Gasteiger partial charge in [0.1, 0.15) is 11.8 Å². The fourth-order valence-electron chi connectivity index (χ4n) is 4.51. The predicted octanol–water partition coefficient (Wildman–Crippen LogP) is 3.45. The third-order valence-electron chi connectivity index (χ3n) is 6.19. The summed E-state index contributed by atoms with van der Waals surface area (Å²) in [5.41, 5.74) is 9.02. The zero-order valence-electron chi connectivity index (χ0n) is 18.3. The van der Waals surface area contributed by atoms with E-state index in [4.69, 9.17) is 27.1 Å². The minimum Gasteiger partial charge on any atom is -0.381 e. The number of aliphatic imine (C=N–C) groups is 1. The van der Waals surface area contributed by atoms with E-state index in [1.54, 1.807) is 4.90 Å². The largest absolute Gasteiger partial charge is 0.381 e. The Kier molecular flexibility index (Phi) is 6.18. The molecule has 166 valence electrons. The number of carbonyl (C=O) groups is 1. The Balaban J connectivity index is 1.66. The molecule has 2 aliphatic rings. The van der Waals surface area contributed by atoms with Gasteiger partial charge in [-0.3, -0.25) is 9.69 Å². The SMILES string of the molecule is Cc1ccc(Cc2cccc([C@]3(C)CC(=O)N(C4CCOCC4)C(N)=N3)c2Cl)c(C#N)n1. The molecular formula is C24H26ClN5O2. The van der Waals surface area contributed by atoms with Gasteiger partial charge < -0.3 is 10.5 Å². The van der Waals surface area contributed by atoms with Crippen LogP contribution < -0.4 is 5.73 Å². The molecule has 3 heterocycles. The van der Waals surface area contributed by atoms with Crippen LogP contribution >= 0.6 is 11.6 Å². The summed E-state index contributed by atoms with van der Waals surface area (Å²) in [5.74, 6) is 0.175. The molecule has 1 saturated heterocycles. The van der Waals surface area contributed by atoms with Crippen LogP contribution in [0.2, 0.25) is 5.02 Å². The fraction of sp³-hybridized carbons (Fsp3) is 0.417. The van der Waals surface area contributed by atoms with Gasteiger partial charge in [0.15, 0.2) is 5.96 Å². The molecular weight excluding hydrogens is 426 g/mol. The molecule has 1 atom stereocenters. The number of pyridine rings is 1. The summed E-state index contributed by atoms with van der Waals surface area (Å²) in [7, 11) is 0. The van der Waals surface area contributed by atoms with E-state index in [0.717, 1.165) is 35.2 Å². The van der Waals surface area contributed by atoms with Crippen molar-refractivity contribution >= 4 is 23.5 Å². The van der Waals surface area contributed by atoms with E-state index in [1.165, 1.54) is 0 Å². The number of benzene rings is 1. The molecule has 4 rings (SSSR count). The van der Waals surface area contributed by atoms with Gasteiger partial charge in [-0.25, -0.2) is 9.98 Å². The molecule has 0 saturated carbocycles. The maximum absolute atomic E-state index is 13.1. The Morgan fingerprint density at radius 3 is 2.72 bits per heavy atom. The number of guanidine groups is 1. The smallest absolute Gasteiger partial charge is 0.232 e. The lowest BCUT2D eigenvalue weighted by molar-refractivity contribution is -0.132. The number of nitrogens with two attached hydrogens (primary N) is 1. The first-order chi connectivity index (χ1) is 15.3. The molecule has 32 heavy (non-hydrogen) atoms. The van der Waals surface area contributed by atoms with Crippen molar-refractivity contribution in [2.45, 2.75) is 51.1 Å². The van der Waals surface area contributed by atoms with Crippen molar-refractivity contribution in [1.82, 2.24) is 9.88 Å². The van der Waals surface area contributed by atoms with Crippen LogP contribution in [0.1, 0.15) is 54.3 Å². The molecule has 1 amide bonds. The van der Waals surface area contributed by atoms with E-state index < -0.39 is 5.54 Å². The topological polar surface area (TPSA) is 105 Å². The van der Waals surface area contributed by atoms with Crippen LogP contribution in [-0.4, -0.2) is 41.0 Å². The minimum atomic E-state index is -0.862. The summed E-state index contributed by atoms with van der Waals surface area (Å²) in [4.78, 5) is 23.8. The van der Waals surface area contributed by atoms with E-state index >= 15 is 0 Å². The summed E-state index contributed by atoms with van der Waals surface area (Å²) in [6, 6.07) is 11.7. The fourth-order valence-corrected chi connectivity index (χ4v) is 4.90. The third-order valence-corrected chi connectivity index (χ3v) is 6.64. The van der Waals surface area contributed by atoms with Gasteiger partial charge in [-0.15, -0.1) is 0 Å². The van der Waals surface area contributed by atoms with Crippen LogP contribution in [0.3, 0.4) is 0 Å². The highest BCUT2D eigenvalue weighted by atomic mass is 35.5. The number of amides is 1. The second kappa shape index (κ2) is 8.89. The van der Waals surface area contributed by atoms with Gasteiger partial charge >= 0.3 is 0 Å². The van der Waals surface area contributed by atoms with Crippen molar-refractivity contribution in [3.05, 3.63) is 63.4 Å². The molecule has 0 radical (unpaired) electrons. The molecule has 1 aromatic heterocycles. The predicted molar refractivity (Wildman–Crippen MR) is 122 cm³/mol. The summed E-state index contributed by atoms with van der Waals surface area (Å²) >= 11 is 6.83. The maximum atomic E-state index is 13.1. The number of ether oxygens (including phenoxy) is 1. The van der Waals surface area contributed by atoms with Crippen molar-refractivity contribution in [1.29, 1.82) is 5.26 Å². The second-order valence-electron chi connectivity index (χ2n) is 8.56. The number of halogens is 1. The monoisotopic (exact) mass is 451 g/mol. The average molecular weight is 452 g/mol. The van der Waals surface area contributed by atoms with Crippen molar-refractivity contribution in [2.24, 2.45) is 10.7 Å². The molecule has 2 aromatic rings. The molecule has 1 fully saturated rings. The van der Waals surface area contributed by atoms with E-state index in [2.05, 4.69) is 11.1 Å². The second-order valence-corrected chi connectivity index (χ2v) is 8.93. The first-order valence-corrected chi connectivity index (χ1v) is 11.1. The molecule has 0 unspecified atom stereocenters. The number of aryl methyl sites for hydroxylation is 1. The number of aromatic nitrogens is 1. The normalized spacial score (nSPS) is 21.9. The molecule has 1 aromatic carbocycles. The lowest BCUT2D eigenvalue weighted by atomic mass is 9.85. The summed E-state index contributed by atoms with van der Waals surface area (Å²) in [6.45, 7) is 4.97. The Morgan fingerprint density at radius 2 is 2.03 bits per heavy atom. The number of hydrogen-bond donors (Lipinski definition) is 1. The molecule has 2 aliphatic heterocycles. The molecule has 0 bridgehead atoms. The first kappa shape index (κ1) is 22.3. The third kappa shape index (κ3) is 4.21. The molecule has 2 N–H and O–H groups in total. The Morgan fingerprint density at radius 1 is 1.28 bits per heavy atom. The van der Waals surface area contributed by atoms with Crippen LogP contribution in [0.15, 0.2) is 35.3 Å². The number of rotatable bonds is 4. The van der Waals surface area contributed by atoms with Gasteiger partial charge in [0.25, 0.3) is 0 Å². The van der Waals surface area contributed by atoms with E-state index in [9.17, 15) is 10.1 Å². The standard InChI is InChI=1S/C24H26ClN5O2/c1-15-6-7-16(20(14-26)28-15)12-17-4-3-5-19(22(17)25)24(2)13-21(31)30(23(27)29-24)18-8-10-32-11-9-18/h3-7,18H,8-13H2,1-2H3,(H2,27,29)/t24-/m0/s1. The lowest BCUT2D eigenvalue weighted by Crippen LogP contribution is -2.55. The number of carbonyl (C=O) groups excluding carboxylic acids is 1. The van der Waals surface area contributed by atoms with Gasteiger partial charge in [0.2, 0.25) is 5.91 Å². The summed E-state index contributed by atoms with van der Waals surface area (Å²) in [6.07, 6.45) is 2.14. The van der Waals surface area contributed by atoms with Gasteiger partial charge in [0.05, 0.1) is 12.0 Å². The summed E-state index contributed by atoms with van der Waals surface area (Å²) in [5, 5.41) is 9.98. The van der Waals surface area contributed by atoms with Crippen LogP contribution in [0.4, 0.5) is 0 Å². The zero-order chi connectivity index (χ0) is 22.9. The highest BCUT2D eigenvalue weighted by Gasteiger charge is 2.41. The quantitative estimate of drug-likeness (QED) is 0.766. The molecule has 8 heteroatoms. The van der Waals surface area contributed by atoms with Crippen molar-refractivity contribution < 1.29 is 9.53 Å². The molecule has 0 spiro atoms. The Labute approximate surface area is 192 Å². The number of nitrogens with zero attached hydrogens (tertiary/aromatic N) is 4. The Hall–Kier alpha value is -2.95. The zero-order valence-corrected chi connectivity index (χ0v) is 19.0. The van der Waals surface area contributed by atoms with E-state index in [-0.39, 0.29) is 24.3 Å². The highest BCUT2D eigenvalue weighted by molar-refractivity contribution is 6.32. The molecule has 7 nitrogen and oxygen atoms in total. The van der Waals surface area contributed by atoms with Crippen molar-refractivity contribution in [3.8, 4) is 6.07 Å². The van der Waals surface area contributed by atoms with Gasteiger partial charge in [-0.05, 0) is 49.4 Å². The average Bonchev–Trinajstić information content (AvgIpc) is 2.76. The van der Waals surface area contributed by atoms with Gasteiger partial charge in [0, 0.05) is 36.4 Å². The highest BCUT2D eigenvalue weighted by Crippen LogP contribution is 2.40. The van der Waals surface area contributed by atoms with Crippen LogP contribution in [0.25, 0.3) is 0 Å². The van der Waals surface area contributed by atoms with Crippen molar-refractivity contribution in [3.63, 3.8) is 0 Å². The van der Waals surface area contributed by atoms with Crippen LogP contribution in [-0.2, 0) is 21.5 Å². The van der Waals surface area contributed by atoms with Crippen molar-refractivity contribution in [2.75, 3.05) is 13.2 Å². The number of nitriles is 1. The van der Waals surface area contributed by atoms with E-state index in [0.29, 0.717) is 30.4 Å². The first-order valence-electron chi connectivity index (χ1n) is 10.7. The number of hydrogen-bond acceptors (Lipinski definition) is 6. The minimum absolute atomic E-state index is 0.0183. The maximum Gasteiger partial charge on any atom is 0.232 e. The van der Waals surface area contributed by atoms with E-state index in [1.807, 2.05) is 44.2 Å². The van der Waals surface area contributed by atoms with Gasteiger partial charge in [-0.2, -0.15) is 5.26 Å². The molecule has 0 aliphatic carbocycles. The van der Waals surface area contributed by atoms with Crippen LogP contribution in [0.5, 0.6) is 0 Å². The summed E-state index contributed by atoms with van der Waals surface area (Å²) < 4.78 is 5.41.